The predicted molar refractivity (Wildman–Crippen MR) is 89.3 cm³/mol. The van der Waals surface area contributed by atoms with Gasteiger partial charge in [0.05, 0.1) is 28.6 Å². The molecule has 0 fully saturated rings. The van der Waals surface area contributed by atoms with Crippen LogP contribution >= 0.6 is 15.9 Å². The minimum absolute atomic E-state index is 0.547. The van der Waals surface area contributed by atoms with Gasteiger partial charge in [-0.15, -0.1) is 0 Å². The van der Waals surface area contributed by atoms with Crippen LogP contribution in [0.1, 0.15) is 6.42 Å². The Labute approximate surface area is 137 Å². The molecule has 4 nitrogen and oxygen atoms in total. The number of hydrogen-bond acceptors (Lipinski definition) is 4. The van der Waals surface area contributed by atoms with Gasteiger partial charge in [0.15, 0.2) is 0 Å². The number of hydrogen-bond donors (Lipinski definition) is 0. The van der Waals surface area contributed by atoms with E-state index in [1.54, 1.807) is 0 Å². The average molecular weight is 359 g/mol. The Bertz CT molecular complexity index is 759. The number of rotatable bonds is 6. The van der Waals surface area contributed by atoms with Gasteiger partial charge in [0, 0.05) is 6.42 Å². The van der Waals surface area contributed by atoms with Crippen molar-refractivity contribution in [1.29, 1.82) is 0 Å². The molecule has 3 aromatic rings. The normalized spacial score (nSPS) is 10.6. The van der Waals surface area contributed by atoms with E-state index in [-0.39, 0.29) is 0 Å². The number of fused-ring (bicyclic) bond motifs is 1. The molecule has 0 N–H and O–H groups in total. The Hall–Kier alpha value is -2.14. The predicted octanol–water partition coefficient (Wildman–Crippen LogP) is 4.24. The molecule has 5 heteroatoms. The lowest BCUT2D eigenvalue weighted by molar-refractivity contribution is 0.243. The molecule has 0 aliphatic carbocycles. The summed E-state index contributed by atoms with van der Waals surface area (Å²) in [6, 6.07) is 15.6. The van der Waals surface area contributed by atoms with Crippen molar-refractivity contribution in [2.75, 3.05) is 13.2 Å². The van der Waals surface area contributed by atoms with Crippen LogP contribution < -0.4 is 9.47 Å². The van der Waals surface area contributed by atoms with Gasteiger partial charge in [0.25, 0.3) is 0 Å². The molecule has 0 saturated carbocycles. The Morgan fingerprint density at radius 2 is 1.64 bits per heavy atom. The first-order valence-electron chi connectivity index (χ1n) is 7.04. The summed E-state index contributed by atoms with van der Waals surface area (Å²) in [5, 5.41) is 0.928. The van der Waals surface area contributed by atoms with Crippen molar-refractivity contribution in [2.45, 2.75) is 6.42 Å². The lowest BCUT2D eigenvalue weighted by Crippen LogP contribution is -2.06. The molecule has 3 rings (SSSR count). The van der Waals surface area contributed by atoms with Crippen LogP contribution in [0, 0.1) is 0 Å². The summed E-state index contributed by atoms with van der Waals surface area (Å²) in [4.78, 5) is 8.41. The Kier molecular flexibility index (Phi) is 4.85. The SMILES string of the molecule is Brc1ccccc1OCCCOc1ncnc2ccccc12. The largest absolute Gasteiger partial charge is 0.492 e. The smallest absolute Gasteiger partial charge is 0.224 e. The summed E-state index contributed by atoms with van der Waals surface area (Å²) in [5.41, 5.74) is 0.886. The van der Waals surface area contributed by atoms with Crippen molar-refractivity contribution < 1.29 is 9.47 Å². The Balaban J connectivity index is 1.52. The molecule has 0 aliphatic heterocycles. The van der Waals surface area contributed by atoms with Crippen molar-refractivity contribution in [3.8, 4) is 11.6 Å². The molecule has 1 aromatic heterocycles. The van der Waals surface area contributed by atoms with E-state index in [1.807, 2.05) is 48.5 Å². The first kappa shape index (κ1) is 14.8. The van der Waals surface area contributed by atoms with Crippen LogP contribution in [0.25, 0.3) is 10.9 Å². The van der Waals surface area contributed by atoms with Gasteiger partial charge >= 0.3 is 0 Å². The van der Waals surface area contributed by atoms with E-state index >= 15 is 0 Å². The minimum Gasteiger partial charge on any atom is -0.492 e. The molecule has 0 amide bonds. The molecular formula is C17H15BrN2O2. The molecule has 0 spiro atoms. The maximum atomic E-state index is 5.74. The topological polar surface area (TPSA) is 44.2 Å². The summed E-state index contributed by atoms with van der Waals surface area (Å²) in [6.07, 6.45) is 2.30. The van der Waals surface area contributed by atoms with Gasteiger partial charge in [-0.3, -0.25) is 0 Å². The van der Waals surface area contributed by atoms with Crippen LogP contribution in [0.3, 0.4) is 0 Å². The zero-order valence-electron chi connectivity index (χ0n) is 11.9. The van der Waals surface area contributed by atoms with E-state index in [0.29, 0.717) is 19.1 Å². The summed E-state index contributed by atoms with van der Waals surface area (Å²) >= 11 is 3.46. The fourth-order valence-corrected chi connectivity index (χ4v) is 2.47. The van der Waals surface area contributed by atoms with Gasteiger partial charge in [-0.1, -0.05) is 24.3 Å². The zero-order valence-corrected chi connectivity index (χ0v) is 13.5. The molecule has 0 aliphatic rings. The third-order valence-corrected chi connectivity index (χ3v) is 3.78. The summed E-state index contributed by atoms with van der Waals surface area (Å²) < 4.78 is 12.4. The van der Waals surface area contributed by atoms with Crippen molar-refractivity contribution in [2.24, 2.45) is 0 Å². The van der Waals surface area contributed by atoms with Crippen LogP contribution in [-0.4, -0.2) is 23.2 Å². The molecule has 0 radical (unpaired) electrons. The fourth-order valence-electron chi connectivity index (χ4n) is 2.07. The molecule has 2 aromatic carbocycles. The van der Waals surface area contributed by atoms with E-state index in [0.717, 1.165) is 27.5 Å². The highest BCUT2D eigenvalue weighted by molar-refractivity contribution is 9.10. The summed E-state index contributed by atoms with van der Waals surface area (Å²) in [7, 11) is 0. The van der Waals surface area contributed by atoms with E-state index in [2.05, 4.69) is 25.9 Å². The van der Waals surface area contributed by atoms with Gasteiger partial charge in [0.2, 0.25) is 5.88 Å². The first-order chi connectivity index (χ1) is 10.8. The van der Waals surface area contributed by atoms with E-state index in [1.165, 1.54) is 6.33 Å². The van der Waals surface area contributed by atoms with Crippen molar-refractivity contribution in [3.63, 3.8) is 0 Å². The maximum absolute atomic E-state index is 5.74. The second kappa shape index (κ2) is 7.22. The molecule has 0 atom stereocenters. The second-order valence-corrected chi connectivity index (χ2v) is 5.53. The number of halogens is 1. The Morgan fingerprint density at radius 3 is 2.55 bits per heavy atom. The number of aromatic nitrogens is 2. The molecule has 112 valence electrons. The number of para-hydroxylation sites is 2. The van der Waals surface area contributed by atoms with Crippen molar-refractivity contribution >= 4 is 26.8 Å². The second-order valence-electron chi connectivity index (χ2n) is 4.68. The molecular weight excluding hydrogens is 344 g/mol. The molecule has 0 unspecified atom stereocenters. The van der Waals surface area contributed by atoms with Gasteiger partial charge in [-0.25, -0.2) is 9.97 Å². The highest BCUT2D eigenvalue weighted by atomic mass is 79.9. The van der Waals surface area contributed by atoms with Crippen LogP contribution in [0.4, 0.5) is 0 Å². The van der Waals surface area contributed by atoms with E-state index < -0.39 is 0 Å². The third kappa shape index (κ3) is 3.54. The molecule has 22 heavy (non-hydrogen) atoms. The number of ether oxygens (including phenoxy) is 2. The van der Waals surface area contributed by atoms with Gasteiger partial charge in [-0.2, -0.15) is 0 Å². The van der Waals surface area contributed by atoms with Crippen LogP contribution in [-0.2, 0) is 0 Å². The van der Waals surface area contributed by atoms with Crippen LogP contribution in [0.15, 0.2) is 59.3 Å². The van der Waals surface area contributed by atoms with Crippen LogP contribution in [0.2, 0.25) is 0 Å². The first-order valence-corrected chi connectivity index (χ1v) is 7.84. The third-order valence-electron chi connectivity index (χ3n) is 3.13. The zero-order chi connectivity index (χ0) is 15.2. The fraction of sp³-hybridized carbons (Fsp3) is 0.176. The summed E-state index contributed by atoms with van der Waals surface area (Å²) in [5.74, 6) is 1.46. The van der Waals surface area contributed by atoms with Gasteiger partial charge in [-0.05, 0) is 40.2 Å². The summed E-state index contributed by atoms with van der Waals surface area (Å²) in [6.45, 7) is 1.14. The molecule has 0 bridgehead atoms. The lowest BCUT2D eigenvalue weighted by atomic mass is 10.2. The number of nitrogens with zero attached hydrogens (tertiary/aromatic N) is 2. The Morgan fingerprint density at radius 1 is 0.864 bits per heavy atom. The van der Waals surface area contributed by atoms with Crippen LogP contribution in [0.5, 0.6) is 11.6 Å². The number of benzene rings is 2. The quantitative estimate of drug-likeness (QED) is 0.618. The van der Waals surface area contributed by atoms with Gasteiger partial charge < -0.3 is 9.47 Å². The standard InChI is InChI=1S/C17H15BrN2O2/c18-14-7-2-4-9-16(14)21-10-5-11-22-17-13-6-1-3-8-15(13)19-12-20-17/h1-4,6-9,12H,5,10-11H2. The average Bonchev–Trinajstić information content (AvgIpc) is 2.56. The highest BCUT2D eigenvalue weighted by Gasteiger charge is 2.04. The highest BCUT2D eigenvalue weighted by Crippen LogP contribution is 2.24. The minimum atomic E-state index is 0.547. The van der Waals surface area contributed by atoms with Crippen molar-refractivity contribution in [3.05, 3.63) is 59.3 Å². The monoisotopic (exact) mass is 358 g/mol. The van der Waals surface area contributed by atoms with Crippen molar-refractivity contribution in [1.82, 2.24) is 9.97 Å². The van der Waals surface area contributed by atoms with E-state index in [9.17, 15) is 0 Å². The molecule has 0 saturated heterocycles. The lowest BCUT2D eigenvalue weighted by Gasteiger charge is -2.09. The maximum Gasteiger partial charge on any atom is 0.224 e. The van der Waals surface area contributed by atoms with E-state index in [4.69, 9.17) is 9.47 Å². The van der Waals surface area contributed by atoms with Gasteiger partial charge in [0.1, 0.15) is 12.1 Å². The molecule has 1 heterocycles.